The topological polar surface area (TPSA) is 26.3 Å². The maximum absolute atomic E-state index is 10.9. The smallest absolute Gasteiger partial charge is 0.330 e. The molecule has 1 rings (SSSR count). The van der Waals surface area contributed by atoms with Crippen LogP contribution in [-0.2, 0) is 9.53 Å². The van der Waals surface area contributed by atoms with Crippen LogP contribution in [0.4, 0.5) is 0 Å². The molecule has 0 spiro atoms. The van der Waals surface area contributed by atoms with E-state index < -0.39 is 0 Å². The van der Waals surface area contributed by atoms with Crippen molar-refractivity contribution in [3.63, 3.8) is 0 Å². The van der Waals surface area contributed by atoms with Gasteiger partial charge in [-0.25, -0.2) is 4.79 Å². The molecule has 0 aliphatic carbocycles. The van der Waals surface area contributed by atoms with E-state index in [4.69, 9.17) is 4.74 Å². The summed E-state index contributed by atoms with van der Waals surface area (Å²) in [5.74, 6) is 0.940. The van der Waals surface area contributed by atoms with Gasteiger partial charge in [-0.1, -0.05) is 6.08 Å². The van der Waals surface area contributed by atoms with E-state index in [1.165, 1.54) is 23.8 Å². The molecule has 0 amide bonds. The zero-order chi connectivity index (χ0) is 9.52. The van der Waals surface area contributed by atoms with E-state index in [2.05, 4.69) is 5.41 Å². The van der Waals surface area contributed by atoms with Crippen molar-refractivity contribution in [2.24, 2.45) is 0 Å². The highest BCUT2D eigenvalue weighted by atomic mass is 32.2. The molecule has 0 N–H and O–H groups in total. The number of ether oxygens (including phenoxy) is 1. The Morgan fingerprint density at radius 3 is 3.23 bits per heavy atom. The Labute approximate surface area is 83.0 Å². The van der Waals surface area contributed by atoms with Crippen LogP contribution in [0.25, 0.3) is 0 Å². The lowest BCUT2D eigenvalue weighted by Gasteiger charge is -2.07. The van der Waals surface area contributed by atoms with Crippen molar-refractivity contribution < 1.29 is 9.53 Å². The van der Waals surface area contributed by atoms with Gasteiger partial charge in [0, 0.05) is 6.08 Å². The zero-order valence-electron chi connectivity index (χ0n) is 7.79. The summed E-state index contributed by atoms with van der Waals surface area (Å²) in [5.41, 5.74) is 1.23. The SMILES string of the molecule is CCOC(=O)/C=C/C1=CSCCC1. The highest BCUT2D eigenvalue weighted by Gasteiger charge is 2.01. The van der Waals surface area contributed by atoms with Gasteiger partial charge in [0.2, 0.25) is 0 Å². The first-order chi connectivity index (χ1) is 6.33. The maximum Gasteiger partial charge on any atom is 0.330 e. The highest BCUT2D eigenvalue weighted by molar-refractivity contribution is 8.02. The zero-order valence-corrected chi connectivity index (χ0v) is 8.60. The molecule has 0 aromatic heterocycles. The molecule has 1 aliphatic heterocycles. The minimum Gasteiger partial charge on any atom is -0.463 e. The summed E-state index contributed by atoms with van der Waals surface area (Å²) in [6, 6.07) is 0. The Morgan fingerprint density at radius 1 is 1.77 bits per heavy atom. The predicted octanol–water partition coefficient (Wildman–Crippen LogP) is 2.52. The number of thioether (sulfide) groups is 1. The van der Waals surface area contributed by atoms with Crippen LogP contribution in [0.15, 0.2) is 23.1 Å². The Morgan fingerprint density at radius 2 is 2.62 bits per heavy atom. The first-order valence-corrected chi connectivity index (χ1v) is 5.53. The summed E-state index contributed by atoms with van der Waals surface area (Å²) in [7, 11) is 0. The molecular weight excluding hydrogens is 184 g/mol. The monoisotopic (exact) mass is 198 g/mol. The number of rotatable bonds is 3. The van der Waals surface area contributed by atoms with Crippen LogP contribution in [0.3, 0.4) is 0 Å². The van der Waals surface area contributed by atoms with Crippen LogP contribution in [0, 0.1) is 0 Å². The van der Waals surface area contributed by atoms with Crippen molar-refractivity contribution >= 4 is 17.7 Å². The summed E-state index contributed by atoms with van der Waals surface area (Å²) in [6.07, 6.45) is 5.62. The van der Waals surface area contributed by atoms with Crippen LogP contribution in [0.1, 0.15) is 19.8 Å². The molecule has 13 heavy (non-hydrogen) atoms. The van der Waals surface area contributed by atoms with Gasteiger partial charge < -0.3 is 4.74 Å². The summed E-state index contributed by atoms with van der Waals surface area (Å²) in [6.45, 7) is 2.25. The van der Waals surface area contributed by atoms with Gasteiger partial charge in [0.1, 0.15) is 0 Å². The van der Waals surface area contributed by atoms with E-state index >= 15 is 0 Å². The second-order valence-electron chi connectivity index (χ2n) is 2.75. The number of carbonyl (C=O) groups is 1. The van der Waals surface area contributed by atoms with E-state index in [1.807, 2.05) is 13.0 Å². The Hall–Kier alpha value is -0.700. The fourth-order valence-electron chi connectivity index (χ4n) is 1.07. The molecule has 0 radical (unpaired) electrons. The summed E-state index contributed by atoms with van der Waals surface area (Å²) in [4.78, 5) is 10.9. The summed E-state index contributed by atoms with van der Waals surface area (Å²) >= 11 is 1.80. The number of hydrogen-bond donors (Lipinski definition) is 0. The Kier molecular flexibility index (Phi) is 4.68. The van der Waals surface area contributed by atoms with Gasteiger partial charge in [0.05, 0.1) is 6.61 Å². The number of carbonyl (C=O) groups excluding carboxylic acids is 1. The lowest BCUT2D eigenvalue weighted by Crippen LogP contribution is -1.99. The van der Waals surface area contributed by atoms with Gasteiger partial charge >= 0.3 is 5.97 Å². The van der Waals surface area contributed by atoms with Crippen molar-refractivity contribution in [1.29, 1.82) is 0 Å². The minimum absolute atomic E-state index is 0.251. The van der Waals surface area contributed by atoms with Gasteiger partial charge in [0.25, 0.3) is 0 Å². The minimum atomic E-state index is -0.251. The molecule has 2 nitrogen and oxygen atoms in total. The molecule has 72 valence electrons. The molecular formula is C10H14O2S. The summed E-state index contributed by atoms with van der Waals surface area (Å²) < 4.78 is 4.77. The third kappa shape index (κ3) is 4.18. The lowest BCUT2D eigenvalue weighted by atomic mass is 10.1. The molecule has 0 fully saturated rings. The number of hydrogen-bond acceptors (Lipinski definition) is 3. The van der Waals surface area contributed by atoms with Gasteiger partial charge in [-0.15, -0.1) is 11.8 Å². The quantitative estimate of drug-likeness (QED) is 0.515. The predicted molar refractivity (Wildman–Crippen MR) is 55.5 cm³/mol. The molecule has 1 heterocycles. The second-order valence-corrected chi connectivity index (χ2v) is 3.73. The first kappa shape index (κ1) is 10.4. The van der Waals surface area contributed by atoms with E-state index in [0.717, 1.165) is 6.42 Å². The largest absolute Gasteiger partial charge is 0.463 e. The van der Waals surface area contributed by atoms with E-state index in [1.54, 1.807) is 11.8 Å². The molecule has 0 unspecified atom stereocenters. The molecule has 0 atom stereocenters. The van der Waals surface area contributed by atoms with Gasteiger partial charge in [-0.3, -0.25) is 0 Å². The molecule has 3 heteroatoms. The number of allylic oxidation sites excluding steroid dienone is 2. The van der Waals surface area contributed by atoms with Crippen LogP contribution in [-0.4, -0.2) is 18.3 Å². The van der Waals surface area contributed by atoms with Gasteiger partial charge in [0.15, 0.2) is 0 Å². The Balaban J connectivity index is 2.37. The van der Waals surface area contributed by atoms with Crippen molar-refractivity contribution in [2.75, 3.05) is 12.4 Å². The highest BCUT2D eigenvalue weighted by Crippen LogP contribution is 2.21. The van der Waals surface area contributed by atoms with E-state index in [-0.39, 0.29) is 5.97 Å². The fraction of sp³-hybridized carbons (Fsp3) is 0.500. The van der Waals surface area contributed by atoms with E-state index in [0.29, 0.717) is 6.61 Å². The average Bonchev–Trinajstić information content (AvgIpc) is 2.17. The van der Waals surface area contributed by atoms with Crippen molar-refractivity contribution in [2.45, 2.75) is 19.8 Å². The molecule has 0 aromatic rings. The molecule has 0 saturated heterocycles. The third-order valence-electron chi connectivity index (χ3n) is 1.68. The van der Waals surface area contributed by atoms with Crippen LogP contribution < -0.4 is 0 Å². The van der Waals surface area contributed by atoms with Crippen LogP contribution in [0.5, 0.6) is 0 Å². The fourth-order valence-corrected chi connectivity index (χ4v) is 1.91. The van der Waals surface area contributed by atoms with E-state index in [9.17, 15) is 4.79 Å². The van der Waals surface area contributed by atoms with Crippen molar-refractivity contribution in [3.8, 4) is 0 Å². The summed E-state index contributed by atoms with van der Waals surface area (Å²) in [5, 5.41) is 2.11. The van der Waals surface area contributed by atoms with Gasteiger partial charge in [-0.2, -0.15) is 0 Å². The number of esters is 1. The van der Waals surface area contributed by atoms with Crippen LogP contribution in [0.2, 0.25) is 0 Å². The molecule has 0 bridgehead atoms. The molecule has 0 aromatic carbocycles. The lowest BCUT2D eigenvalue weighted by molar-refractivity contribution is -0.137. The normalized spacial score (nSPS) is 17.2. The average molecular weight is 198 g/mol. The van der Waals surface area contributed by atoms with Crippen molar-refractivity contribution in [3.05, 3.63) is 23.1 Å². The standard InChI is InChI=1S/C10H14O2S/c1-2-12-10(11)6-5-9-4-3-7-13-8-9/h5-6,8H,2-4,7H2,1H3/b6-5+. The Bertz CT molecular complexity index is 231. The molecule has 1 aliphatic rings. The first-order valence-electron chi connectivity index (χ1n) is 4.48. The van der Waals surface area contributed by atoms with Gasteiger partial charge in [-0.05, 0) is 36.5 Å². The maximum atomic E-state index is 10.9. The molecule has 0 saturated carbocycles. The second kappa shape index (κ2) is 5.86. The van der Waals surface area contributed by atoms with Crippen molar-refractivity contribution in [1.82, 2.24) is 0 Å². The third-order valence-corrected chi connectivity index (χ3v) is 2.68. The van der Waals surface area contributed by atoms with Crippen LogP contribution >= 0.6 is 11.8 Å².